The van der Waals surface area contributed by atoms with E-state index >= 15 is 0 Å². The monoisotopic (exact) mass is 353 g/mol. The van der Waals surface area contributed by atoms with Crippen LogP contribution in [0.4, 0.5) is 5.69 Å². The molecule has 0 aromatic heterocycles. The Bertz CT molecular complexity index is 532. The number of nitrogens with zero attached hydrogens (tertiary/aromatic N) is 2. The molecule has 1 aromatic carbocycles. The molecule has 0 bridgehead atoms. The van der Waals surface area contributed by atoms with Crippen LogP contribution in [0.1, 0.15) is 31.2 Å². The SMILES string of the molecule is O=[N+]([O-])c1cc(Br)ccc1CN1CCCC1C1CCCN1. The molecule has 0 spiro atoms. The number of likely N-dealkylation sites (tertiary alicyclic amines) is 1. The van der Waals surface area contributed by atoms with Crippen molar-refractivity contribution < 1.29 is 4.92 Å². The smallest absolute Gasteiger partial charge is 0.275 e. The molecule has 114 valence electrons. The molecule has 5 nitrogen and oxygen atoms in total. The predicted molar refractivity (Wildman–Crippen MR) is 85.3 cm³/mol. The van der Waals surface area contributed by atoms with Gasteiger partial charge in [-0.25, -0.2) is 0 Å². The van der Waals surface area contributed by atoms with E-state index in [9.17, 15) is 10.1 Å². The first-order valence-electron chi connectivity index (χ1n) is 7.55. The number of hydrogen-bond acceptors (Lipinski definition) is 4. The molecule has 2 aliphatic rings. The van der Waals surface area contributed by atoms with Gasteiger partial charge in [-0.1, -0.05) is 15.9 Å². The molecule has 3 rings (SSSR count). The summed E-state index contributed by atoms with van der Waals surface area (Å²) in [5, 5.41) is 14.8. The van der Waals surface area contributed by atoms with Gasteiger partial charge >= 0.3 is 0 Å². The molecule has 21 heavy (non-hydrogen) atoms. The number of nitrogens with one attached hydrogen (secondary N) is 1. The highest BCUT2D eigenvalue weighted by Gasteiger charge is 2.33. The zero-order valence-electron chi connectivity index (χ0n) is 11.9. The van der Waals surface area contributed by atoms with Crippen LogP contribution in [0.3, 0.4) is 0 Å². The van der Waals surface area contributed by atoms with Crippen LogP contribution in [-0.4, -0.2) is 35.0 Å². The van der Waals surface area contributed by atoms with Gasteiger partial charge in [0, 0.05) is 34.7 Å². The number of nitro benzene ring substituents is 1. The Morgan fingerprint density at radius 1 is 1.38 bits per heavy atom. The summed E-state index contributed by atoms with van der Waals surface area (Å²) in [5.41, 5.74) is 1.03. The molecule has 2 heterocycles. The van der Waals surface area contributed by atoms with E-state index in [4.69, 9.17) is 0 Å². The molecule has 2 saturated heterocycles. The second kappa shape index (κ2) is 6.42. The molecule has 1 N–H and O–H groups in total. The van der Waals surface area contributed by atoms with Gasteiger partial charge in [-0.15, -0.1) is 0 Å². The number of hydrogen-bond donors (Lipinski definition) is 1. The van der Waals surface area contributed by atoms with Crippen LogP contribution >= 0.6 is 15.9 Å². The van der Waals surface area contributed by atoms with E-state index in [-0.39, 0.29) is 10.6 Å². The maximum Gasteiger partial charge on any atom is 0.275 e. The van der Waals surface area contributed by atoms with E-state index in [2.05, 4.69) is 26.1 Å². The zero-order valence-corrected chi connectivity index (χ0v) is 13.5. The van der Waals surface area contributed by atoms with Crippen LogP contribution < -0.4 is 5.32 Å². The van der Waals surface area contributed by atoms with Gasteiger partial charge in [-0.3, -0.25) is 15.0 Å². The van der Waals surface area contributed by atoms with E-state index in [1.807, 2.05) is 12.1 Å². The Morgan fingerprint density at radius 2 is 2.24 bits per heavy atom. The van der Waals surface area contributed by atoms with E-state index in [1.165, 1.54) is 25.7 Å². The predicted octanol–water partition coefficient (Wildman–Crippen LogP) is 3.07. The Kier molecular flexibility index (Phi) is 4.57. The molecule has 6 heteroatoms. The van der Waals surface area contributed by atoms with Gasteiger partial charge in [0.1, 0.15) is 0 Å². The van der Waals surface area contributed by atoms with Crippen LogP contribution in [-0.2, 0) is 6.54 Å². The lowest BCUT2D eigenvalue weighted by atomic mass is 10.0. The Labute approximate surface area is 133 Å². The fraction of sp³-hybridized carbons (Fsp3) is 0.600. The van der Waals surface area contributed by atoms with Crippen LogP contribution in [0.15, 0.2) is 22.7 Å². The number of benzene rings is 1. The minimum atomic E-state index is -0.279. The second-order valence-corrected chi connectivity index (χ2v) is 6.83. The number of rotatable bonds is 4. The quantitative estimate of drug-likeness (QED) is 0.667. The highest BCUT2D eigenvalue weighted by Crippen LogP contribution is 2.30. The van der Waals surface area contributed by atoms with E-state index in [0.717, 1.165) is 23.1 Å². The van der Waals surface area contributed by atoms with Crippen molar-refractivity contribution in [1.29, 1.82) is 0 Å². The van der Waals surface area contributed by atoms with Crippen molar-refractivity contribution in [3.8, 4) is 0 Å². The minimum absolute atomic E-state index is 0.217. The lowest BCUT2D eigenvalue weighted by molar-refractivity contribution is -0.385. The molecule has 2 unspecified atom stereocenters. The van der Waals surface area contributed by atoms with Crippen molar-refractivity contribution in [2.24, 2.45) is 0 Å². The fourth-order valence-corrected chi connectivity index (χ4v) is 3.95. The molecule has 2 fully saturated rings. The second-order valence-electron chi connectivity index (χ2n) is 5.91. The summed E-state index contributed by atoms with van der Waals surface area (Å²) >= 11 is 3.32. The summed E-state index contributed by atoms with van der Waals surface area (Å²) in [5.74, 6) is 0. The van der Waals surface area contributed by atoms with Crippen molar-refractivity contribution in [1.82, 2.24) is 10.2 Å². The summed E-state index contributed by atoms with van der Waals surface area (Å²) in [4.78, 5) is 13.4. The lowest BCUT2D eigenvalue weighted by Gasteiger charge is -2.29. The average Bonchev–Trinajstić information content (AvgIpc) is 3.11. The van der Waals surface area contributed by atoms with Gasteiger partial charge < -0.3 is 5.32 Å². The number of nitro groups is 1. The summed E-state index contributed by atoms with van der Waals surface area (Å²) < 4.78 is 0.758. The Balaban J connectivity index is 1.77. The van der Waals surface area contributed by atoms with Gasteiger partial charge in [0.05, 0.1) is 4.92 Å². The standard InChI is InChI=1S/C15H20BrN3O2/c16-12-6-5-11(15(9-12)19(20)21)10-18-8-2-4-14(18)13-3-1-7-17-13/h5-6,9,13-14,17H,1-4,7-8,10H2. The normalized spacial score (nSPS) is 26.3. The van der Waals surface area contributed by atoms with Crippen molar-refractivity contribution >= 4 is 21.6 Å². The summed E-state index contributed by atoms with van der Waals surface area (Å²) in [6, 6.07) is 6.45. The maximum absolute atomic E-state index is 11.2. The fourth-order valence-electron chi connectivity index (χ4n) is 3.60. The molecular weight excluding hydrogens is 334 g/mol. The summed E-state index contributed by atoms with van der Waals surface area (Å²) in [6.45, 7) is 2.82. The van der Waals surface area contributed by atoms with Crippen LogP contribution in [0.2, 0.25) is 0 Å². The van der Waals surface area contributed by atoms with Gasteiger partial charge in [-0.2, -0.15) is 0 Å². The van der Waals surface area contributed by atoms with Crippen LogP contribution in [0.5, 0.6) is 0 Å². The molecular formula is C15H20BrN3O2. The van der Waals surface area contributed by atoms with Crippen LogP contribution in [0.25, 0.3) is 0 Å². The van der Waals surface area contributed by atoms with Crippen molar-refractivity contribution in [2.75, 3.05) is 13.1 Å². The first-order valence-corrected chi connectivity index (χ1v) is 8.35. The van der Waals surface area contributed by atoms with E-state index < -0.39 is 0 Å². The molecule has 2 aliphatic heterocycles. The highest BCUT2D eigenvalue weighted by molar-refractivity contribution is 9.10. The van der Waals surface area contributed by atoms with Crippen molar-refractivity contribution in [3.05, 3.63) is 38.3 Å². The molecule has 2 atom stereocenters. The topological polar surface area (TPSA) is 58.4 Å². The third-order valence-corrected chi connectivity index (χ3v) is 5.09. The molecule has 0 aliphatic carbocycles. The molecule has 0 amide bonds. The molecule has 1 aromatic rings. The summed E-state index contributed by atoms with van der Waals surface area (Å²) in [7, 11) is 0. The lowest BCUT2D eigenvalue weighted by Crippen LogP contribution is -2.43. The highest BCUT2D eigenvalue weighted by atomic mass is 79.9. The first-order chi connectivity index (χ1) is 10.1. The van der Waals surface area contributed by atoms with Gasteiger partial charge in [0.25, 0.3) is 5.69 Å². The Morgan fingerprint density at radius 3 is 2.95 bits per heavy atom. The number of halogens is 1. The maximum atomic E-state index is 11.2. The largest absolute Gasteiger partial charge is 0.312 e. The van der Waals surface area contributed by atoms with Crippen molar-refractivity contribution in [2.45, 2.75) is 44.3 Å². The van der Waals surface area contributed by atoms with Crippen molar-refractivity contribution in [3.63, 3.8) is 0 Å². The third kappa shape index (κ3) is 3.27. The molecule has 0 saturated carbocycles. The van der Waals surface area contributed by atoms with E-state index in [1.54, 1.807) is 6.07 Å². The van der Waals surface area contributed by atoms with E-state index in [0.29, 0.717) is 18.6 Å². The first kappa shape index (κ1) is 14.9. The minimum Gasteiger partial charge on any atom is -0.312 e. The van der Waals surface area contributed by atoms with Crippen LogP contribution in [0, 0.1) is 10.1 Å². The third-order valence-electron chi connectivity index (χ3n) is 4.59. The van der Waals surface area contributed by atoms with Gasteiger partial charge in [0.15, 0.2) is 0 Å². The van der Waals surface area contributed by atoms with Gasteiger partial charge in [0.2, 0.25) is 0 Å². The van der Waals surface area contributed by atoms with Gasteiger partial charge in [-0.05, 0) is 50.9 Å². The summed E-state index contributed by atoms with van der Waals surface area (Å²) in [6.07, 6.45) is 4.85. The zero-order chi connectivity index (χ0) is 14.8. The Hall–Kier alpha value is -0.980. The average molecular weight is 354 g/mol. The molecule has 0 radical (unpaired) electrons.